The molecule has 1 rings (SSSR count). The number of carboxylic acids is 1. The molecule has 0 aromatic carbocycles. The van der Waals surface area contributed by atoms with Gasteiger partial charge in [0.15, 0.2) is 0 Å². The monoisotopic (exact) mass is 242 g/mol. The zero-order valence-electron chi connectivity index (χ0n) is 6.12. The second-order valence-electron chi connectivity index (χ2n) is 2.79. The Hall–Kier alpha value is 0.240. The van der Waals surface area contributed by atoms with E-state index in [2.05, 4.69) is 15.9 Å². The molecule has 4 heteroatoms. The van der Waals surface area contributed by atoms with Crippen LogP contribution in [0, 0.1) is 5.92 Å². The number of carboxylic acid groups (broad SMARTS) is 1. The molecule has 0 atom stereocenters. The Morgan fingerprint density at radius 3 is 2.09 bits per heavy atom. The summed E-state index contributed by atoms with van der Waals surface area (Å²) >= 11 is 3.47. The predicted molar refractivity (Wildman–Crippen MR) is 49.6 cm³/mol. The fourth-order valence-electron chi connectivity index (χ4n) is 1.30. The Morgan fingerprint density at radius 1 is 1.27 bits per heavy atom. The maximum absolute atomic E-state index is 10.4. The highest BCUT2D eigenvalue weighted by Gasteiger charge is 2.23. The average Bonchev–Trinajstić information content (AvgIpc) is 1.88. The predicted octanol–water partition coefficient (Wildman–Crippen LogP) is 2.45. The topological polar surface area (TPSA) is 37.3 Å². The first-order valence-corrected chi connectivity index (χ1v) is 4.48. The van der Waals surface area contributed by atoms with Crippen LogP contribution in [0.4, 0.5) is 0 Å². The van der Waals surface area contributed by atoms with Crippen LogP contribution in [-0.2, 0) is 4.79 Å². The van der Waals surface area contributed by atoms with Crippen molar-refractivity contribution >= 4 is 34.3 Å². The fourth-order valence-corrected chi connectivity index (χ4v) is 1.83. The third-order valence-electron chi connectivity index (χ3n) is 2.01. The summed E-state index contributed by atoms with van der Waals surface area (Å²) < 4.78 is 0. The Labute approximate surface area is 80.9 Å². The first-order chi connectivity index (χ1) is 4.70. The third-order valence-corrected chi connectivity index (χ3v) is 2.92. The van der Waals surface area contributed by atoms with Gasteiger partial charge in [-0.3, -0.25) is 4.79 Å². The van der Waals surface area contributed by atoms with E-state index >= 15 is 0 Å². The minimum Gasteiger partial charge on any atom is -0.481 e. The van der Waals surface area contributed by atoms with Gasteiger partial charge in [0, 0.05) is 4.83 Å². The Kier molecular flexibility index (Phi) is 5.10. The zero-order valence-corrected chi connectivity index (χ0v) is 8.53. The van der Waals surface area contributed by atoms with Crippen LogP contribution in [-0.4, -0.2) is 15.9 Å². The highest BCUT2D eigenvalue weighted by Crippen LogP contribution is 2.28. The van der Waals surface area contributed by atoms with Crippen molar-refractivity contribution in [3.05, 3.63) is 0 Å². The van der Waals surface area contributed by atoms with Crippen LogP contribution >= 0.6 is 28.3 Å². The van der Waals surface area contributed by atoms with E-state index in [1.807, 2.05) is 0 Å². The molecule has 1 aliphatic rings. The summed E-state index contributed by atoms with van der Waals surface area (Å²) in [5, 5.41) is 8.61. The highest BCUT2D eigenvalue weighted by atomic mass is 79.9. The van der Waals surface area contributed by atoms with Crippen molar-refractivity contribution in [1.82, 2.24) is 0 Å². The van der Waals surface area contributed by atoms with E-state index in [4.69, 9.17) is 5.11 Å². The van der Waals surface area contributed by atoms with Gasteiger partial charge in [0.25, 0.3) is 0 Å². The number of rotatable bonds is 1. The van der Waals surface area contributed by atoms with E-state index in [1.165, 1.54) is 0 Å². The Bertz CT molecular complexity index is 132. The minimum absolute atomic E-state index is 0. The molecule has 0 aliphatic heterocycles. The molecule has 66 valence electrons. The van der Waals surface area contributed by atoms with Crippen molar-refractivity contribution in [2.45, 2.75) is 30.5 Å². The van der Waals surface area contributed by atoms with Crippen molar-refractivity contribution in [3.63, 3.8) is 0 Å². The standard InChI is InChI=1S/C7H11BrO2.ClH/c8-6-3-1-5(2-4-6)7(9)10;/h5-6H,1-4H2,(H,9,10);1H. The lowest BCUT2D eigenvalue weighted by Gasteiger charge is -2.21. The summed E-state index contributed by atoms with van der Waals surface area (Å²) in [5.41, 5.74) is 0. The zero-order chi connectivity index (χ0) is 7.56. The van der Waals surface area contributed by atoms with Crippen LogP contribution in [0.3, 0.4) is 0 Å². The van der Waals surface area contributed by atoms with Crippen LogP contribution < -0.4 is 0 Å². The average molecular weight is 244 g/mol. The van der Waals surface area contributed by atoms with Crippen molar-refractivity contribution in [2.24, 2.45) is 5.92 Å². The van der Waals surface area contributed by atoms with Gasteiger partial charge in [-0.15, -0.1) is 12.4 Å². The lowest BCUT2D eigenvalue weighted by Crippen LogP contribution is -2.21. The number of carbonyl (C=O) groups is 1. The number of alkyl halides is 1. The molecule has 0 heterocycles. The largest absolute Gasteiger partial charge is 0.481 e. The molecule has 1 fully saturated rings. The minimum atomic E-state index is -0.626. The van der Waals surface area contributed by atoms with Crippen molar-refractivity contribution < 1.29 is 9.90 Å². The number of hydrogen-bond donors (Lipinski definition) is 1. The lowest BCUT2D eigenvalue weighted by atomic mass is 9.89. The van der Waals surface area contributed by atoms with Crippen molar-refractivity contribution in [1.29, 1.82) is 0 Å². The van der Waals surface area contributed by atoms with Gasteiger partial charge in [-0.25, -0.2) is 0 Å². The maximum atomic E-state index is 10.4. The molecule has 1 N–H and O–H groups in total. The summed E-state index contributed by atoms with van der Waals surface area (Å²) in [6.45, 7) is 0. The van der Waals surface area contributed by atoms with E-state index in [0.29, 0.717) is 4.83 Å². The Morgan fingerprint density at radius 2 is 1.73 bits per heavy atom. The summed E-state index contributed by atoms with van der Waals surface area (Å²) in [5.74, 6) is -0.701. The molecular weight excluding hydrogens is 231 g/mol. The molecule has 0 saturated heterocycles. The fraction of sp³-hybridized carbons (Fsp3) is 0.857. The third kappa shape index (κ3) is 3.43. The molecule has 1 aliphatic carbocycles. The van der Waals surface area contributed by atoms with E-state index in [0.717, 1.165) is 25.7 Å². The van der Waals surface area contributed by atoms with E-state index in [1.54, 1.807) is 0 Å². The summed E-state index contributed by atoms with van der Waals surface area (Å²) in [4.78, 5) is 11.0. The van der Waals surface area contributed by atoms with E-state index in [9.17, 15) is 4.79 Å². The van der Waals surface area contributed by atoms with Gasteiger partial charge in [0.1, 0.15) is 0 Å². The van der Waals surface area contributed by atoms with Gasteiger partial charge in [-0.05, 0) is 25.7 Å². The quantitative estimate of drug-likeness (QED) is 0.718. The number of hydrogen-bond acceptors (Lipinski definition) is 1. The van der Waals surface area contributed by atoms with Gasteiger partial charge in [0.05, 0.1) is 5.92 Å². The molecule has 0 spiro atoms. The highest BCUT2D eigenvalue weighted by molar-refractivity contribution is 9.09. The molecule has 0 amide bonds. The van der Waals surface area contributed by atoms with Crippen molar-refractivity contribution in [3.8, 4) is 0 Å². The van der Waals surface area contributed by atoms with Gasteiger partial charge in [0.2, 0.25) is 0 Å². The summed E-state index contributed by atoms with van der Waals surface area (Å²) in [7, 11) is 0. The lowest BCUT2D eigenvalue weighted by molar-refractivity contribution is -0.142. The second-order valence-corrected chi connectivity index (χ2v) is 4.08. The second kappa shape index (κ2) is 4.99. The van der Waals surface area contributed by atoms with Gasteiger partial charge >= 0.3 is 5.97 Å². The molecule has 0 unspecified atom stereocenters. The van der Waals surface area contributed by atoms with Crippen LogP contribution in [0.15, 0.2) is 0 Å². The molecule has 0 aromatic heterocycles. The smallest absolute Gasteiger partial charge is 0.306 e. The van der Waals surface area contributed by atoms with E-state index in [-0.39, 0.29) is 18.3 Å². The molecular formula is C7H12BrClO2. The van der Waals surface area contributed by atoms with Crippen LogP contribution in [0.2, 0.25) is 0 Å². The number of halogens is 2. The molecule has 1 saturated carbocycles. The SMILES string of the molecule is Cl.O=C(O)C1CCC(Br)CC1. The molecule has 0 aromatic rings. The first kappa shape index (κ1) is 11.2. The van der Waals surface area contributed by atoms with Crippen LogP contribution in [0.25, 0.3) is 0 Å². The van der Waals surface area contributed by atoms with E-state index < -0.39 is 5.97 Å². The molecule has 0 bridgehead atoms. The van der Waals surface area contributed by atoms with Gasteiger partial charge < -0.3 is 5.11 Å². The maximum Gasteiger partial charge on any atom is 0.306 e. The summed E-state index contributed by atoms with van der Waals surface area (Å²) in [6, 6.07) is 0. The van der Waals surface area contributed by atoms with Gasteiger partial charge in [-0.1, -0.05) is 15.9 Å². The molecule has 0 radical (unpaired) electrons. The first-order valence-electron chi connectivity index (χ1n) is 3.57. The molecule has 2 nitrogen and oxygen atoms in total. The normalized spacial score (nSPS) is 30.6. The number of aliphatic carboxylic acids is 1. The van der Waals surface area contributed by atoms with Crippen LogP contribution in [0.1, 0.15) is 25.7 Å². The van der Waals surface area contributed by atoms with Crippen molar-refractivity contribution in [2.75, 3.05) is 0 Å². The van der Waals surface area contributed by atoms with Gasteiger partial charge in [-0.2, -0.15) is 0 Å². The van der Waals surface area contributed by atoms with Crippen LogP contribution in [0.5, 0.6) is 0 Å². The molecule has 11 heavy (non-hydrogen) atoms. The summed E-state index contributed by atoms with van der Waals surface area (Å²) in [6.07, 6.45) is 3.70. The Balaban J connectivity index is 0.000001000.